The van der Waals surface area contributed by atoms with E-state index < -0.39 is 10.0 Å². The lowest BCUT2D eigenvalue weighted by molar-refractivity contribution is 0.0730. The molecule has 2 aliphatic rings. The Hall–Kier alpha value is -2.42. The Morgan fingerprint density at radius 1 is 0.935 bits per heavy atom. The van der Waals surface area contributed by atoms with E-state index in [1.807, 2.05) is 12.1 Å². The number of rotatable bonds is 6. The summed E-state index contributed by atoms with van der Waals surface area (Å²) in [4.78, 5) is 15.2. The highest BCUT2D eigenvalue weighted by Crippen LogP contribution is 2.21. The van der Waals surface area contributed by atoms with E-state index in [4.69, 9.17) is 4.74 Å². The molecule has 0 spiro atoms. The predicted octanol–water partition coefficient (Wildman–Crippen LogP) is 2.63. The first kappa shape index (κ1) is 21.8. The molecule has 1 N–H and O–H groups in total. The van der Waals surface area contributed by atoms with Gasteiger partial charge in [-0.3, -0.25) is 4.79 Å². The van der Waals surface area contributed by atoms with E-state index in [2.05, 4.69) is 22.3 Å². The first-order valence-electron chi connectivity index (χ1n) is 10.8. The molecule has 0 atom stereocenters. The summed E-state index contributed by atoms with van der Waals surface area (Å²) >= 11 is 0. The predicted molar refractivity (Wildman–Crippen MR) is 120 cm³/mol. The van der Waals surface area contributed by atoms with Gasteiger partial charge < -0.3 is 15.0 Å². The van der Waals surface area contributed by atoms with Crippen LogP contribution in [-0.2, 0) is 21.3 Å². The second kappa shape index (κ2) is 9.80. The van der Waals surface area contributed by atoms with Crippen molar-refractivity contribution >= 4 is 21.6 Å². The fourth-order valence-electron chi connectivity index (χ4n) is 3.99. The molecule has 0 unspecified atom stereocenters. The Balaban J connectivity index is 1.38. The van der Waals surface area contributed by atoms with Crippen molar-refractivity contribution in [3.63, 3.8) is 0 Å². The van der Waals surface area contributed by atoms with E-state index in [1.54, 1.807) is 12.1 Å². The highest BCUT2D eigenvalue weighted by Gasteiger charge is 2.26. The minimum absolute atomic E-state index is 0.132. The maximum atomic E-state index is 12.8. The van der Waals surface area contributed by atoms with Crippen molar-refractivity contribution in [2.24, 2.45) is 0 Å². The van der Waals surface area contributed by atoms with Crippen molar-refractivity contribution in [2.45, 2.75) is 30.7 Å². The average molecular weight is 444 g/mol. The molecule has 2 aromatic carbocycles. The lowest BCUT2D eigenvalue weighted by Crippen LogP contribution is -2.40. The zero-order chi connectivity index (χ0) is 21.7. The summed E-state index contributed by atoms with van der Waals surface area (Å²) in [5, 5.41) is 2.89. The lowest BCUT2D eigenvalue weighted by atomic mass is 10.1. The molecule has 0 aromatic heterocycles. The molecule has 1 amide bonds. The Kier molecular flexibility index (Phi) is 6.89. The fraction of sp³-hybridized carbons (Fsp3) is 0.435. The summed E-state index contributed by atoms with van der Waals surface area (Å²) in [7, 11) is -3.63. The molecule has 2 aliphatic heterocycles. The molecule has 2 fully saturated rings. The van der Waals surface area contributed by atoms with Crippen molar-refractivity contribution in [1.82, 2.24) is 9.62 Å². The minimum atomic E-state index is -3.63. The second-order valence-corrected chi connectivity index (χ2v) is 9.88. The van der Waals surface area contributed by atoms with Gasteiger partial charge in [0.2, 0.25) is 10.0 Å². The van der Waals surface area contributed by atoms with Crippen LogP contribution in [0.3, 0.4) is 0 Å². The van der Waals surface area contributed by atoms with Gasteiger partial charge in [0.15, 0.2) is 0 Å². The summed E-state index contributed by atoms with van der Waals surface area (Å²) in [5.74, 6) is -0.292. The molecule has 2 aromatic rings. The number of hydrogen-bond acceptors (Lipinski definition) is 5. The van der Waals surface area contributed by atoms with E-state index >= 15 is 0 Å². The van der Waals surface area contributed by atoms with Crippen LogP contribution >= 0.6 is 0 Å². The molecular formula is C23H29N3O4S. The lowest BCUT2D eigenvalue weighted by Gasteiger charge is -2.28. The third kappa shape index (κ3) is 5.26. The Labute approximate surface area is 184 Å². The van der Waals surface area contributed by atoms with Crippen LogP contribution in [0.15, 0.2) is 53.4 Å². The summed E-state index contributed by atoms with van der Waals surface area (Å²) < 4.78 is 32.3. The number of hydrogen-bond donors (Lipinski definition) is 1. The molecule has 0 radical (unpaired) electrons. The van der Waals surface area contributed by atoms with E-state index in [0.717, 1.165) is 18.7 Å². The van der Waals surface area contributed by atoms with Crippen molar-refractivity contribution in [3.05, 3.63) is 59.7 Å². The third-order valence-corrected chi connectivity index (χ3v) is 7.71. The Morgan fingerprint density at radius 3 is 2.35 bits per heavy atom. The van der Waals surface area contributed by atoms with Crippen LogP contribution in [0.5, 0.6) is 0 Å². The topological polar surface area (TPSA) is 79.0 Å². The van der Waals surface area contributed by atoms with Crippen LogP contribution < -0.4 is 10.2 Å². The summed E-state index contributed by atoms with van der Waals surface area (Å²) in [5.41, 5.74) is 2.56. The number of amides is 1. The number of nitrogens with zero attached hydrogens (tertiary/aromatic N) is 2. The van der Waals surface area contributed by atoms with Crippen LogP contribution in [0.1, 0.15) is 35.2 Å². The standard InChI is InChI=1S/C23H29N3O4S/c27-23(24-18-19-7-9-21(10-8-19)25-11-2-1-3-12-25)20-5-4-6-22(17-20)31(28,29)26-13-15-30-16-14-26/h4-10,17H,1-3,11-16,18H2,(H,24,27). The molecule has 0 aliphatic carbocycles. The monoisotopic (exact) mass is 443 g/mol. The van der Waals surface area contributed by atoms with Crippen molar-refractivity contribution in [2.75, 3.05) is 44.3 Å². The van der Waals surface area contributed by atoms with Crippen molar-refractivity contribution < 1.29 is 17.9 Å². The van der Waals surface area contributed by atoms with Gasteiger partial charge in [-0.2, -0.15) is 4.31 Å². The van der Waals surface area contributed by atoms with E-state index in [1.165, 1.54) is 41.4 Å². The maximum absolute atomic E-state index is 12.8. The molecule has 166 valence electrons. The molecule has 2 heterocycles. The van der Waals surface area contributed by atoms with Gasteiger partial charge in [-0.25, -0.2) is 8.42 Å². The van der Waals surface area contributed by atoms with Crippen LogP contribution in [0, 0.1) is 0 Å². The quantitative estimate of drug-likeness (QED) is 0.743. The number of benzene rings is 2. The second-order valence-electron chi connectivity index (χ2n) is 7.94. The molecule has 31 heavy (non-hydrogen) atoms. The maximum Gasteiger partial charge on any atom is 0.251 e. The molecule has 0 bridgehead atoms. The van der Waals surface area contributed by atoms with Gasteiger partial charge in [0, 0.05) is 44.0 Å². The molecule has 2 saturated heterocycles. The minimum Gasteiger partial charge on any atom is -0.379 e. The van der Waals surface area contributed by atoms with E-state index in [-0.39, 0.29) is 10.8 Å². The number of sulfonamides is 1. The summed E-state index contributed by atoms with van der Waals surface area (Å²) in [6.07, 6.45) is 3.77. The van der Waals surface area contributed by atoms with E-state index in [9.17, 15) is 13.2 Å². The van der Waals surface area contributed by atoms with Crippen molar-refractivity contribution in [3.8, 4) is 0 Å². The van der Waals surface area contributed by atoms with Crippen LogP contribution in [-0.4, -0.2) is 58.0 Å². The number of carbonyl (C=O) groups excluding carboxylic acids is 1. The van der Waals surface area contributed by atoms with Gasteiger partial charge in [-0.1, -0.05) is 18.2 Å². The van der Waals surface area contributed by atoms with Crippen molar-refractivity contribution in [1.29, 1.82) is 0 Å². The molecule has 0 saturated carbocycles. The smallest absolute Gasteiger partial charge is 0.251 e. The van der Waals surface area contributed by atoms with Gasteiger partial charge in [0.25, 0.3) is 5.91 Å². The summed E-state index contributed by atoms with van der Waals surface area (Å²) in [6.45, 7) is 4.00. The summed E-state index contributed by atoms with van der Waals surface area (Å²) in [6, 6.07) is 14.5. The SMILES string of the molecule is O=C(NCc1ccc(N2CCCCC2)cc1)c1cccc(S(=O)(=O)N2CCOCC2)c1. The molecule has 7 nitrogen and oxygen atoms in total. The zero-order valence-electron chi connectivity index (χ0n) is 17.6. The van der Waals surface area contributed by atoms with Crippen LogP contribution in [0.4, 0.5) is 5.69 Å². The van der Waals surface area contributed by atoms with Crippen LogP contribution in [0.2, 0.25) is 0 Å². The number of anilines is 1. The van der Waals surface area contributed by atoms with Gasteiger partial charge in [-0.15, -0.1) is 0 Å². The number of ether oxygens (including phenoxy) is 1. The zero-order valence-corrected chi connectivity index (χ0v) is 18.4. The molecule has 4 rings (SSSR count). The molecular weight excluding hydrogens is 414 g/mol. The fourth-order valence-corrected chi connectivity index (χ4v) is 5.45. The highest BCUT2D eigenvalue weighted by atomic mass is 32.2. The third-order valence-electron chi connectivity index (χ3n) is 5.81. The van der Waals surface area contributed by atoms with Gasteiger partial charge in [0.05, 0.1) is 18.1 Å². The first-order valence-corrected chi connectivity index (χ1v) is 12.3. The number of morpholine rings is 1. The van der Waals surface area contributed by atoms with Gasteiger partial charge >= 0.3 is 0 Å². The Bertz CT molecular complexity index is 996. The average Bonchev–Trinajstić information content (AvgIpc) is 2.84. The van der Waals surface area contributed by atoms with E-state index in [0.29, 0.717) is 38.4 Å². The van der Waals surface area contributed by atoms with Crippen LogP contribution in [0.25, 0.3) is 0 Å². The number of nitrogens with one attached hydrogen (secondary N) is 1. The highest BCUT2D eigenvalue weighted by molar-refractivity contribution is 7.89. The normalized spacial score (nSPS) is 18.0. The van der Waals surface area contributed by atoms with Gasteiger partial charge in [0.1, 0.15) is 0 Å². The largest absolute Gasteiger partial charge is 0.379 e. The number of piperidine rings is 1. The first-order chi connectivity index (χ1) is 15.0. The van der Waals surface area contributed by atoms with Gasteiger partial charge in [-0.05, 0) is 55.2 Å². The Morgan fingerprint density at radius 2 is 1.65 bits per heavy atom. The number of carbonyl (C=O) groups is 1. The molecule has 8 heteroatoms.